The van der Waals surface area contributed by atoms with Gasteiger partial charge in [-0.3, -0.25) is 14.4 Å². The topological polar surface area (TPSA) is 76.2 Å². The van der Waals surface area contributed by atoms with Gasteiger partial charge < -0.3 is 19.3 Å². The van der Waals surface area contributed by atoms with Crippen molar-refractivity contribution >= 4 is 23.9 Å². The van der Waals surface area contributed by atoms with Crippen LogP contribution in [-0.4, -0.2) is 60.9 Å². The number of esters is 1. The van der Waals surface area contributed by atoms with Gasteiger partial charge in [0.25, 0.3) is 5.91 Å². The quantitative estimate of drug-likeness (QED) is 0.421. The van der Waals surface area contributed by atoms with Gasteiger partial charge in [-0.05, 0) is 48.4 Å². The molecule has 0 bridgehead atoms. The van der Waals surface area contributed by atoms with Crippen molar-refractivity contribution in [3.05, 3.63) is 65.7 Å². The standard InChI is InChI=1S/C24H26N2O5/c1-18(27)31-22-6-3-5-20(17-22)24(29)26-14-4-13-25(15-16-26)23(28)12-9-19-7-10-21(30-2)11-8-19/h3,5-12,17H,4,13-16H2,1-2H3/b12-9+. The third-order valence-electron chi connectivity index (χ3n) is 4.97. The van der Waals surface area contributed by atoms with Crippen LogP contribution in [-0.2, 0) is 9.59 Å². The van der Waals surface area contributed by atoms with Crippen LogP contribution in [0, 0.1) is 0 Å². The first-order chi connectivity index (χ1) is 15.0. The lowest BCUT2D eigenvalue weighted by Crippen LogP contribution is -2.36. The number of carbonyl (C=O) groups is 3. The smallest absolute Gasteiger partial charge is 0.308 e. The Morgan fingerprint density at radius 3 is 2.32 bits per heavy atom. The molecule has 2 aromatic rings. The van der Waals surface area contributed by atoms with E-state index in [0.717, 1.165) is 11.3 Å². The number of ether oxygens (including phenoxy) is 2. The van der Waals surface area contributed by atoms with E-state index in [1.807, 2.05) is 24.3 Å². The number of amides is 2. The summed E-state index contributed by atoms with van der Waals surface area (Å²) in [6, 6.07) is 14.0. The first kappa shape index (κ1) is 22.1. The summed E-state index contributed by atoms with van der Waals surface area (Å²) in [7, 11) is 1.61. The average molecular weight is 422 g/mol. The van der Waals surface area contributed by atoms with Crippen molar-refractivity contribution in [2.75, 3.05) is 33.3 Å². The largest absolute Gasteiger partial charge is 0.497 e. The van der Waals surface area contributed by atoms with Crippen molar-refractivity contribution in [2.45, 2.75) is 13.3 Å². The summed E-state index contributed by atoms with van der Waals surface area (Å²) in [5, 5.41) is 0. The molecule has 0 aliphatic carbocycles. The Bertz CT molecular complexity index is 968. The third-order valence-corrected chi connectivity index (χ3v) is 4.97. The second kappa shape index (κ2) is 10.4. The van der Waals surface area contributed by atoms with Crippen molar-refractivity contribution in [3.63, 3.8) is 0 Å². The maximum atomic E-state index is 12.9. The van der Waals surface area contributed by atoms with Crippen LogP contribution in [0.3, 0.4) is 0 Å². The van der Waals surface area contributed by atoms with E-state index >= 15 is 0 Å². The number of benzene rings is 2. The van der Waals surface area contributed by atoms with Crippen LogP contribution in [0.1, 0.15) is 29.3 Å². The van der Waals surface area contributed by atoms with E-state index in [-0.39, 0.29) is 11.8 Å². The summed E-state index contributed by atoms with van der Waals surface area (Å²) in [5.74, 6) is 0.447. The SMILES string of the molecule is COc1ccc(/C=C/C(=O)N2CCCN(C(=O)c3cccc(OC(C)=O)c3)CC2)cc1. The van der Waals surface area contributed by atoms with E-state index in [1.54, 1.807) is 53.3 Å². The Morgan fingerprint density at radius 2 is 1.61 bits per heavy atom. The molecule has 2 amide bonds. The first-order valence-electron chi connectivity index (χ1n) is 10.1. The number of nitrogens with zero attached hydrogens (tertiary/aromatic N) is 2. The van der Waals surface area contributed by atoms with E-state index in [1.165, 1.54) is 6.92 Å². The van der Waals surface area contributed by atoms with Crippen LogP contribution in [0.25, 0.3) is 6.08 Å². The highest BCUT2D eigenvalue weighted by molar-refractivity contribution is 5.95. The summed E-state index contributed by atoms with van der Waals surface area (Å²) in [5.41, 5.74) is 1.37. The summed E-state index contributed by atoms with van der Waals surface area (Å²) < 4.78 is 10.2. The Balaban J connectivity index is 1.59. The molecule has 31 heavy (non-hydrogen) atoms. The molecule has 1 fully saturated rings. The molecule has 1 aliphatic rings. The molecule has 1 heterocycles. The van der Waals surface area contributed by atoms with Crippen molar-refractivity contribution < 1.29 is 23.9 Å². The fraction of sp³-hybridized carbons (Fsp3) is 0.292. The van der Waals surface area contributed by atoms with Gasteiger partial charge in [0.1, 0.15) is 11.5 Å². The molecule has 0 atom stereocenters. The van der Waals surface area contributed by atoms with E-state index in [0.29, 0.717) is 43.9 Å². The van der Waals surface area contributed by atoms with Crippen LogP contribution in [0.5, 0.6) is 11.5 Å². The Morgan fingerprint density at radius 1 is 0.903 bits per heavy atom. The van der Waals surface area contributed by atoms with Gasteiger partial charge in [-0.25, -0.2) is 0 Å². The van der Waals surface area contributed by atoms with Crippen molar-refractivity contribution in [3.8, 4) is 11.5 Å². The highest BCUT2D eigenvalue weighted by Crippen LogP contribution is 2.17. The van der Waals surface area contributed by atoms with Gasteiger partial charge >= 0.3 is 5.97 Å². The number of methoxy groups -OCH3 is 1. The summed E-state index contributed by atoms with van der Waals surface area (Å²) >= 11 is 0. The molecule has 0 radical (unpaired) electrons. The fourth-order valence-corrected chi connectivity index (χ4v) is 3.37. The molecule has 0 aromatic heterocycles. The third kappa shape index (κ3) is 6.18. The Kier molecular flexibility index (Phi) is 7.43. The molecule has 1 aliphatic heterocycles. The van der Waals surface area contributed by atoms with Gasteiger partial charge in [-0.2, -0.15) is 0 Å². The molecule has 0 N–H and O–H groups in total. The van der Waals surface area contributed by atoms with Crippen LogP contribution >= 0.6 is 0 Å². The molecule has 1 saturated heterocycles. The maximum Gasteiger partial charge on any atom is 0.308 e. The lowest BCUT2D eigenvalue weighted by Gasteiger charge is -2.21. The Hall–Kier alpha value is -3.61. The zero-order chi connectivity index (χ0) is 22.2. The summed E-state index contributed by atoms with van der Waals surface area (Å²) in [6.07, 6.45) is 4.02. The van der Waals surface area contributed by atoms with Crippen LogP contribution in [0.2, 0.25) is 0 Å². The molecule has 0 unspecified atom stereocenters. The predicted octanol–water partition coefficient (Wildman–Crippen LogP) is 3.01. The second-order valence-corrected chi connectivity index (χ2v) is 7.20. The van der Waals surface area contributed by atoms with Crippen LogP contribution in [0.15, 0.2) is 54.6 Å². The van der Waals surface area contributed by atoms with Gasteiger partial charge in [-0.15, -0.1) is 0 Å². The van der Waals surface area contributed by atoms with E-state index in [2.05, 4.69) is 0 Å². The minimum atomic E-state index is -0.434. The van der Waals surface area contributed by atoms with E-state index in [9.17, 15) is 14.4 Å². The average Bonchev–Trinajstić information content (AvgIpc) is 3.03. The zero-order valence-electron chi connectivity index (χ0n) is 17.7. The minimum Gasteiger partial charge on any atom is -0.497 e. The molecule has 7 nitrogen and oxygen atoms in total. The fourth-order valence-electron chi connectivity index (χ4n) is 3.37. The number of rotatable bonds is 5. The predicted molar refractivity (Wildman–Crippen MR) is 117 cm³/mol. The zero-order valence-corrected chi connectivity index (χ0v) is 17.7. The maximum absolute atomic E-state index is 12.9. The van der Waals surface area contributed by atoms with Gasteiger partial charge in [0.05, 0.1) is 7.11 Å². The molecule has 162 valence electrons. The number of carbonyl (C=O) groups excluding carboxylic acids is 3. The van der Waals surface area contributed by atoms with Gasteiger partial charge in [0.15, 0.2) is 0 Å². The molecular weight excluding hydrogens is 396 g/mol. The lowest BCUT2D eigenvalue weighted by atomic mass is 10.2. The molecule has 0 spiro atoms. The number of hydrogen-bond donors (Lipinski definition) is 0. The van der Waals surface area contributed by atoms with Crippen molar-refractivity contribution in [2.24, 2.45) is 0 Å². The van der Waals surface area contributed by atoms with E-state index in [4.69, 9.17) is 9.47 Å². The van der Waals surface area contributed by atoms with Crippen LogP contribution < -0.4 is 9.47 Å². The summed E-state index contributed by atoms with van der Waals surface area (Å²) in [6.45, 7) is 3.36. The monoisotopic (exact) mass is 422 g/mol. The molecule has 2 aromatic carbocycles. The molecule has 0 saturated carbocycles. The normalized spacial score (nSPS) is 14.3. The van der Waals surface area contributed by atoms with Crippen molar-refractivity contribution in [1.82, 2.24) is 9.80 Å². The highest BCUT2D eigenvalue weighted by Gasteiger charge is 2.22. The summed E-state index contributed by atoms with van der Waals surface area (Å²) in [4.78, 5) is 40.1. The van der Waals surface area contributed by atoms with Gasteiger partial charge in [0, 0.05) is 44.7 Å². The lowest BCUT2D eigenvalue weighted by molar-refractivity contribution is -0.132. The van der Waals surface area contributed by atoms with Gasteiger partial charge in [0.2, 0.25) is 5.91 Å². The van der Waals surface area contributed by atoms with Crippen molar-refractivity contribution in [1.29, 1.82) is 0 Å². The second-order valence-electron chi connectivity index (χ2n) is 7.20. The molecule has 3 rings (SSSR count). The van der Waals surface area contributed by atoms with E-state index < -0.39 is 5.97 Å². The minimum absolute atomic E-state index is 0.0815. The number of hydrogen-bond acceptors (Lipinski definition) is 5. The van der Waals surface area contributed by atoms with Crippen LogP contribution in [0.4, 0.5) is 0 Å². The molecule has 7 heteroatoms. The first-order valence-corrected chi connectivity index (χ1v) is 10.1. The molecular formula is C24H26N2O5. The Labute approximate surface area is 181 Å². The highest BCUT2D eigenvalue weighted by atomic mass is 16.5. The van der Waals surface area contributed by atoms with Gasteiger partial charge in [-0.1, -0.05) is 18.2 Å².